The van der Waals surface area contributed by atoms with Crippen LogP contribution in [0.1, 0.15) is 32.1 Å². The largest absolute Gasteiger partial charge is 0.330 e. The van der Waals surface area contributed by atoms with E-state index in [1.54, 1.807) is 4.31 Å². The van der Waals surface area contributed by atoms with Gasteiger partial charge in [-0.15, -0.1) is 0 Å². The average molecular weight is 300 g/mol. The second kappa shape index (κ2) is 6.65. The lowest BCUT2D eigenvalue weighted by molar-refractivity contribution is 0.320. The van der Waals surface area contributed by atoms with Crippen molar-refractivity contribution in [1.82, 2.24) is 4.31 Å². The zero-order chi connectivity index (χ0) is 14.6. The zero-order valence-corrected chi connectivity index (χ0v) is 12.3. The van der Waals surface area contributed by atoms with Gasteiger partial charge in [-0.1, -0.05) is 12.8 Å². The molecular weight excluding hydrogens is 279 g/mol. The molecule has 0 amide bonds. The summed E-state index contributed by atoms with van der Waals surface area (Å²) in [5.41, 5.74) is 5.51. The van der Waals surface area contributed by atoms with E-state index in [-0.39, 0.29) is 10.9 Å². The van der Waals surface area contributed by atoms with Crippen molar-refractivity contribution in [3.8, 4) is 0 Å². The molecule has 20 heavy (non-hydrogen) atoms. The van der Waals surface area contributed by atoms with Crippen LogP contribution >= 0.6 is 0 Å². The predicted octanol–water partition coefficient (Wildman–Crippen LogP) is 2.11. The maximum Gasteiger partial charge on any atom is 0.243 e. The SMILES string of the molecule is NCCCN(C1CCCC1)S(=O)(=O)c1ccc(F)cc1. The summed E-state index contributed by atoms with van der Waals surface area (Å²) in [4.78, 5) is 0.155. The number of benzene rings is 1. The maximum atomic E-state index is 13.0. The van der Waals surface area contributed by atoms with Gasteiger partial charge in [0.2, 0.25) is 10.0 Å². The lowest BCUT2D eigenvalue weighted by Crippen LogP contribution is -2.40. The van der Waals surface area contributed by atoms with Gasteiger partial charge in [0, 0.05) is 12.6 Å². The molecule has 1 aliphatic carbocycles. The molecule has 0 radical (unpaired) electrons. The van der Waals surface area contributed by atoms with Gasteiger partial charge >= 0.3 is 0 Å². The molecule has 0 heterocycles. The molecule has 0 bridgehead atoms. The minimum Gasteiger partial charge on any atom is -0.330 e. The van der Waals surface area contributed by atoms with Crippen LogP contribution in [0.5, 0.6) is 0 Å². The topological polar surface area (TPSA) is 63.4 Å². The first-order valence-electron chi connectivity index (χ1n) is 7.03. The molecule has 0 unspecified atom stereocenters. The fourth-order valence-electron chi connectivity index (χ4n) is 2.68. The molecule has 1 aromatic rings. The Kier molecular flexibility index (Phi) is 5.12. The summed E-state index contributed by atoms with van der Waals surface area (Å²) >= 11 is 0. The lowest BCUT2D eigenvalue weighted by atomic mass is 10.2. The monoisotopic (exact) mass is 300 g/mol. The van der Waals surface area contributed by atoms with Crippen molar-refractivity contribution < 1.29 is 12.8 Å². The number of sulfonamides is 1. The number of hydrogen-bond acceptors (Lipinski definition) is 3. The Morgan fingerprint density at radius 3 is 2.35 bits per heavy atom. The third-order valence-electron chi connectivity index (χ3n) is 3.73. The molecule has 0 aromatic heterocycles. The molecule has 4 nitrogen and oxygen atoms in total. The van der Waals surface area contributed by atoms with Crippen molar-refractivity contribution >= 4 is 10.0 Å². The van der Waals surface area contributed by atoms with Gasteiger partial charge in [0.15, 0.2) is 0 Å². The second-order valence-corrected chi connectivity index (χ2v) is 7.04. The molecule has 1 saturated carbocycles. The highest BCUT2D eigenvalue weighted by atomic mass is 32.2. The first-order valence-corrected chi connectivity index (χ1v) is 8.47. The van der Waals surface area contributed by atoms with Crippen LogP contribution < -0.4 is 5.73 Å². The average Bonchev–Trinajstić information content (AvgIpc) is 2.93. The third kappa shape index (κ3) is 3.37. The molecule has 0 spiro atoms. The Morgan fingerprint density at radius 1 is 1.20 bits per heavy atom. The van der Waals surface area contributed by atoms with Gasteiger partial charge in [-0.3, -0.25) is 0 Å². The molecule has 2 N–H and O–H groups in total. The van der Waals surface area contributed by atoms with Crippen molar-refractivity contribution in [1.29, 1.82) is 0 Å². The van der Waals surface area contributed by atoms with E-state index in [9.17, 15) is 12.8 Å². The van der Waals surface area contributed by atoms with Gasteiger partial charge in [-0.05, 0) is 50.1 Å². The van der Waals surface area contributed by atoms with Crippen molar-refractivity contribution in [2.24, 2.45) is 5.73 Å². The molecule has 6 heteroatoms. The predicted molar refractivity (Wildman–Crippen MR) is 76.2 cm³/mol. The van der Waals surface area contributed by atoms with Crippen LogP contribution in [0.2, 0.25) is 0 Å². The third-order valence-corrected chi connectivity index (χ3v) is 5.70. The van der Waals surface area contributed by atoms with Crippen LogP contribution in [0.15, 0.2) is 29.2 Å². The van der Waals surface area contributed by atoms with Crippen molar-refractivity contribution in [3.63, 3.8) is 0 Å². The van der Waals surface area contributed by atoms with E-state index in [1.807, 2.05) is 0 Å². The maximum absolute atomic E-state index is 13.0. The van der Waals surface area contributed by atoms with Gasteiger partial charge in [-0.25, -0.2) is 12.8 Å². The van der Waals surface area contributed by atoms with E-state index < -0.39 is 15.8 Å². The minimum atomic E-state index is -3.56. The van der Waals surface area contributed by atoms with Crippen LogP contribution in [0.3, 0.4) is 0 Å². The summed E-state index contributed by atoms with van der Waals surface area (Å²) in [7, 11) is -3.56. The van der Waals surface area contributed by atoms with Gasteiger partial charge in [-0.2, -0.15) is 4.31 Å². The molecular formula is C14H21FN2O2S. The smallest absolute Gasteiger partial charge is 0.243 e. The molecule has 112 valence electrons. The highest BCUT2D eigenvalue weighted by Crippen LogP contribution is 2.28. The van der Waals surface area contributed by atoms with Gasteiger partial charge < -0.3 is 5.73 Å². The van der Waals surface area contributed by atoms with Crippen molar-refractivity contribution in [3.05, 3.63) is 30.1 Å². The number of nitrogens with zero attached hydrogens (tertiary/aromatic N) is 1. The zero-order valence-electron chi connectivity index (χ0n) is 11.5. The van der Waals surface area contributed by atoms with E-state index in [0.29, 0.717) is 19.5 Å². The van der Waals surface area contributed by atoms with Crippen LogP contribution in [0.25, 0.3) is 0 Å². The second-order valence-electron chi connectivity index (χ2n) is 5.15. The first-order chi connectivity index (χ1) is 9.55. The summed E-state index contributed by atoms with van der Waals surface area (Å²) in [6.07, 6.45) is 4.54. The molecule has 0 atom stereocenters. The summed E-state index contributed by atoms with van der Waals surface area (Å²) < 4.78 is 39.9. The van der Waals surface area contributed by atoms with Crippen molar-refractivity contribution in [2.45, 2.75) is 43.0 Å². The van der Waals surface area contributed by atoms with E-state index >= 15 is 0 Å². The van der Waals surface area contributed by atoms with Crippen LogP contribution in [-0.2, 0) is 10.0 Å². The fraction of sp³-hybridized carbons (Fsp3) is 0.571. The number of nitrogens with two attached hydrogens (primary N) is 1. The number of halogens is 1. The normalized spacial score (nSPS) is 16.9. The summed E-state index contributed by atoms with van der Waals surface area (Å²) in [6, 6.07) is 5.08. The summed E-state index contributed by atoms with van der Waals surface area (Å²) in [6.45, 7) is 0.892. The van der Waals surface area contributed by atoms with Crippen molar-refractivity contribution in [2.75, 3.05) is 13.1 Å². The van der Waals surface area contributed by atoms with Gasteiger partial charge in [0.05, 0.1) is 4.90 Å². The van der Waals surface area contributed by atoms with Gasteiger partial charge in [0.1, 0.15) is 5.82 Å². The Labute approximate surface area is 119 Å². The molecule has 1 aliphatic rings. The Hall–Kier alpha value is -0.980. The first kappa shape index (κ1) is 15.4. The number of rotatable bonds is 6. The highest BCUT2D eigenvalue weighted by Gasteiger charge is 2.32. The summed E-state index contributed by atoms with van der Waals surface area (Å²) in [5, 5.41) is 0. The van der Waals surface area contributed by atoms with E-state index in [4.69, 9.17) is 5.73 Å². The molecule has 0 saturated heterocycles. The summed E-state index contributed by atoms with van der Waals surface area (Å²) in [5.74, 6) is -0.432. The van der Waals surface area contributed by atoms with Gasteiger partial charge in [0.25, 0.3) is 0 Å². The molecule has 2 rings (SSSR count). The molecule has 1 fully saturated rings. The Bertz CT molecular complexity index is 525. The Balaban J connectivity index is 2.27. The molecule has 1 aromatic carbocycles. The fourth-order valence-corrected chi connectivity index (χ4v) is 4.40. The highest BCUT2D eigenvalue weighted by molar-refractivity contribution is 7.89. The number of hydrogen-bond donors (Lipinski definition) is 1. The standard InChI is InChI=1S/C14H21FN2O2S/c15-12-6-8-14(9-7-12)20(18,19)17(11-3-10-16)13-4-1-2-5-13/h6-9,13H,1-5,10-11,16H2. The Morgan fingerprint density at radius 2 is 1.80 bits per heavy atom. The minimum absolute atomic E-state index is 0.0524. The lowest BCUT2D eigenvalue weighted by Gasteiger charge is -2.28. The van der Waals surface area contributed by atoms with Crippen LogP contribution in [0.4, 0.5) is 4.39 Å². The van der Waals surface area contributed by atoms with Crippen LogP contribution in [-0.4, -0.2) is 31.9 Å². The molecule has 0 aliphatic heterocycles. The van der Waals surface area contributed by atoms with Crippen LogP contribution in [0, 0.1) is 5.82 Å². The van der Waals surface area contributed by atoms with E-state index in [2.05, 4.69) is 0 Å². The quantitative estimate of drug-likeness (QED) is 0.875. The van der Waals surface area contributed by atoms with E-state index in [0.717, 1.165) is 25.7 Å². The van der Waals surface area contributed by atoms with E-state index in [1.165, 1.54) is 24.3 Å².